The van der Waals surface area contributed by atoms with Crippen molar-refractivity contribution >= 4 is 21.8 Å². The summed E-state index contributed by atoms with van der Waals surface area (Å²) >= 11 is 3.30. The van der Waals surface area contributed by atoms with Crippen molar-refractivity contribution in [2.45, 2.75) is 6.92 Å². The predicted molar refractivity (Wildman–Crippen MR) is 47.7 cm³/mol. The first-order valence-electron chi connectivity index (χ1n) is 3.09. The number of hydrogen-bond donors (Lipinski definition) is 2. The molecule has 0 saturated heterocycles. The quantitative estimate of drug-likeness (QED) is 0.548. The van der Waals surface area contributed by atoms with Gasteiger partial charge < -0.3 is 5.73 Å². The van der Waals surface area contributed by atoms with Crippen LogP contribution in [0.5, 0.6) is 0 Å². The van der Waals surface area contributed by atoms with Gasteiger partial charge in [-0.05, 0) is 35.0 Å². The van der Waals surface area contributed by atoms with Gasteiger partial charge in [0.05, 0.1) is 5.69 Å². The molecule has 0 aliphatic rings. The second-order valence-corrected chi connectivity index (χ2v) is 3.03. The fraction of sp³-hybridized carbons (Fsp3) is 0.143. The van der Waals surface area contributed by atoms with E-state index in [1.165, 1.54) is 0 Å². The molecule has 1 aromatic rings. The van der Waals surface area contributed by atoms with Crippen molar-refractivity contribution in [3.8, 4) is 0 Å². The molecule has 0 fully saturated rings. The number of nitrogens with zero attached hydrogens (tertiary/aromatic N) is 1. The van der Waals surface area contributed by atoms with E-state index in [0.29, 0.717) is 5.69 Å². The summed E-state index contributed by atoms with van der Waals surface area (Å²) in [4.78, 5) is 4.08. The third-order valence-corrected chi connectivity index (χ3v) is 2.14. The second kappa shape index (κ2) is 3.00. The molecule has 58 valence electrons. The Hall–Kier alpha value is -0.900. The molecule has 0 radical (unpaired) electrons. The van der Waals surface area contributed by atoms with Crippen LogP contribution in [0.3, 0.4) is 0 Å². The number of amidine groups is 1. The summed E-state index contributed by atoms with van der Waals surface area (Å²) in [6.45, 7) is 1.86. The zero-order valence-electron chi connectivity index (χ0n) is 6.06. The first-order chi connectivity index (χ1) is 5.11. The molecule has 0 unspecified atom stereocenters. The van der Waals surface area contributed by atoms with Crippen molar-refractivity contribution in [1.29, 1.82) is 5.41 Å². The maximum atomic E-state index is 7.10. The fourth-order valence-electron chi connectivity index (χ4n) is 0.694. The number of aryl methyl sites for hydroxylation is 1. The molecule has 0 aromatic carbocycles. The number of pyridine rings is 1. The molecule has 3 nitrogen and oxygen atoms in total. The van der Waals surface area contributed by atoms with Gasteiger partial charge in [-0.2, -0.15) is 0 Å². The lowest BCUT2D eigenvalue weighted by molar-refractivity contribution is 1.15. The molecule has 3 N–H and O–H groups in total. The lowest BCUT2D eigenvalue weighted by atomic mass is 10.3. The van der Waals surface area contributed by atoms with E-state index in [9.17, 15) is 0 Å². The van der Waals surface area contributed by atoms with Gasteiger partial charge in [0.25, 0.3) is 0 Å². The van der Waals surface area contributed by atoms with Gasteiger partial charge in [0, 0.05) is 4.47 Å². The second-order valence-electron chi connectivity index (χ2n) is 2.18. The topological polar surface area (TPSA) is 62.8 Å². The predicted octanol–water partition coefficient (Wildman–Crippen LogP) is 1.44. The Morgan fingerprint density at radius 2 is 2.27 bits per heavy atom. The van der Waals surface area contributed by atoms with E-state index in [1.807, 2.05) is 13.0 Å². The third kappa shape index (κ3) is 1.77. The summed E-state index contributed by atoms with van der Waals surface area (Å²) in [6.07, 6.45) is 0. The number of rotatable bonds is 1. The first kappa shape index (κ1) is 8.20. The Labute approximate surface area is 73.3 Å². The molecule has 0 saturated carbocycles. The van der Waals surface area contributed by atoms with Crippen molar-refractivity contribution in [1.82, 2.24) is 4.98 Å². The van der Waals surface area contributed by atoms with Gasteiger partial charge in [0.1, 0.15) is 11.5 Å². The minimum atomic E-state index is 0.000556. The van der Waals surface area contributed by atoms with Crippen LogP contribution < -0.4 is 5.73 Å². The number of aromatic nitrogens is 1. The molecule has 0 spiro atoms. The maximum Gasteiger partial charge on any atom is 0.141 e. The highest BCUT2D eigenvalue weighted by Gasteiger charge is 2.00. The molecular weight excluding hydrogens is 206 g/mol. The van der Waals surface area contributed by atoms with E-state index < -0.39 is 0 Å². The summed E-state index contributed by atoms with van der Waals surface area (Å²) in [5.41, 5.74) is 6.60. The van der Waals surface area contributed by atoms with Crippen LogP contribution in [-0.2, 0) is 0 Å². The van der Waals surface area contributed by atoms with Crippen molar-refractivity contribution in [3.05, 3.63) is 28.0 Å². The molecule has 1 rings (SSSR count). The molecule has 11 heavy (non-hydrogen) atoms. The van der Waals surface area contributed by atoms with Crippen LogP contribution in [-0.4, -0.2) is 10.8 Å². The minimum absolute atomic E-state index is 0.000556. The van der Waals surface area contributed by atoms with E-state index in [1.54, 1.807) is 6.07 Å². The van der Waals surface area contributed by atoms with Crippen molar-refractivity contribution < 1.29 is 0 Å². The Kier molecular flexibility index (Phi) is 2.24. The average Bonchev–Trinajstić information content (AvgIpc) is 1.94. The SMILES string of the molecule is Cc1nc(C(=N)N)ccc1Br. The van der Waals surface area contributed by atoms with Crippen LogP contribution in [0.4, 0.5) is 0 Å². The van der Waals surface area contributed by atoms with Crippen LogP contribution in [0.25, 0.3) is 0 Å². The highest BCUT2D eigenvalue weighted by Crippen LogP contribution is 2.13. The van der Waals surface area contributed by atoms with Crippen LogP contribution >= 0.6 is 15.9 Å². The van der Waals surface area contributed by atoms with E-state index in [2.05, 4.69) is 20.9 Å². The Bertz CT molecular complexity index is 296. The van der Waals surface area contributed by atoms with E-state index in [0.717, 1.165) is 10.2 Å². The summed E-state index contributed by atoms with van der Waals surface area (Å²) in [6, 6.07) is 3.54. The van der Waals surface area contributed by atoms with Gasteiger partial charge in [-0.1, -0.05) is 0 Å². The number of halogens is 1. The minimum Gasteiger partial charge on any atom is -0.382 e. The summed E-state index contributed by atoms with van der Waals surface area (Å²) < 4.78 is 0.933. The third-order valence-electron chi connectivity index (χ3n) is 1.30. The van der Waals surface area contributed by atoms with Gasteiger partial charge in [0.2, 0.25) is 0 Å². The van der Waals surface area contributed by atoms with Gasteiger partial charge >= 0.3 is 0 Å². The zero-order valence-corrected chi connectivity index (χ0v) is 7.64. The summed E-state index contributed by atoms with van der Waals surface area (Å²) in [5.74, 6) is 0.000556. The first-order valence-corrected chi connectivity index (χ1v) is 3.88. The molecule has 0 atom stereocenters. The number of nitrogens with two attached hydrogens (primary N) is 1. The van der Waals surface area contributed by atoms with Gasteiger partial charge in [-0.25, -0.2) is 4.98 Å². The normalized spacial score (nSPS) is 9.64. The highest BCUT2D eigenvalue weighted by molar-refractivity contribution is 9.10. The lowest BCUT2D eigenvalue weighted by Gasteiger charge is -1.99. The highest BCUT2D eigenvalue weighted by atomic mass is 79.9. The molecule has 1 heterocycles. The largest absolute Gasteiger partial charge is 0.382 e. The van der Waals surface area contributed by atoms with Crippen LogP contribution in [0.1, 0.15) is 11.4 Å². The lowest BCUT2D eigenvalue weighted by Crippen LogP contribution is -2.13. The Morgan fingerprint density at radius 3 is 2.73 bits per heavy atom. The molecule has 4 heteroatoms. The smallest absolute Gasteiger partial charge is 0.141 e. The number of nitrogen functional groups attached to an aromatic ring is 1. The summed E-state index contributed by atoms with van der Waals surface area (Å²) in [7, 11) is 0. The van der Waals surface area contributed by atoms with Crippen molar-refractivity contribution in [2.24, 2.45) is 5.73 Å². The molecule has 0 aliphatic heterocycles. The molecule has 1 aromatic heterocycles. The average molecular weight is 214 g/mol. The Balaban J connectivity index is 3.15. The molecular formula is C7H8BrN3. The van der Waals surface area contributed by atoms with Gasteiger partial charge in [-0.3, -0.25) is 5.41 Å². The molecule has 0 amide bonds. The molecule has 0 bridgehead atoms. The van der Waals surface area contributed by atoms with Crippen LogP contribution in [0, 0.1) is 12.3 Å². The van der Waals surface area contributed by atoms with E-state index in [-0.39, 0.29) is 5.84 Å². The van der Waals surface area contributed by atoms with Crippen LogP contribution in [0.15, 0.2) is 16.6 Å². The van der Waals surface area contributed by atoms with E-state index >= 15 is 0 Å². The van der Waals surface area contributed by atoms with Crippen LogP contribution in [0.2, 0.25) is 0 Å². The van der Waals surface area contributed by atoms with E-state index in [4.69, 9.17) is 11.1 Å². The number of hydrogen-bond acceptors (Lipinski definition) is 2. The van der Waals surface area contributed by atoms with Crippen molar-refractivity contribution in [2.75, 3.05) is 0 Å². The fourth-order valence-corrected chi connectivity index (χ4v) is 0.915. The summed E-state index contributed by atoms with van der Waals surface area (Å²) in [5, 5.41) is 7.10. The molecule has 0 aliphatic carbocycles. The Morgan fingerprint density at radius 1 is 1.64 bits per heavy atom. The zero-order chi connectivity index (χ0) is 8.43. The standard InChI is InChI=1S/C7H8BrN3/c1-4-5(8)2-3-6(11-4)7(9)10/h2-3H,1H3,(H3,9,10). The maximum absolute atomic E-state index is 7.10. The monoisotopic (exact) mass is 213 g/mol. The van der Waals surface area contributed by atoms with Gasteiger partial charge in [-0.15, -0.1) is 0 Å². The number of nitrogens with one attached hydrogen (secondary N) is 1. The van der Waals surface area contributed by atoms with Crippen molar-refractivity contribution in [3.63, 3.8) is 0 Å². The van der Waals surface area contributed by atoms with Gasteiger partial charge in [0.15, 0.2) is 0 Å².